The summed E-state index contributed by atoms with van der Waals surface area (Å²) in [4.78, 5) is 10.9. The Labute approximate surface area is 104 Å². The highest BCUT2D eigenvalue weighted by Gasteiger charge is 2.15. The molecule has 88 valence electrons. The molecule has 0 heterocycles. The number of carboxylic acid groups (broad SMARTS) is 1. The molecule has 0 bridgehead atoms. The van der Waals surface area contributed by atoms with E-state index in [1.807, 2.05) is 25.1 Å². The smallest absolute Gasteiger partial charge is 0.326 e. The molecule has 0 spiro atoms. The van der Waals surface area contributed by atoms with Crippen molar-refractivity contribution in [1.29, 1.82) is 0 Å². The number of benzene rings is 1. The van der Waals surface area contributed by atoms with Gasteiger partial charge in [0.25, 0.3) is 0 Å². The first-order chi connectivity index (χ1) is 7.58. The first-order valence-electron chi connectivity index (χ1n) is 5.36. The number of anilines is 1. The maximum Gasteiger partial charge on any atom is 0.326 e. The van der Waals surface area contributed by atoms with Crippen LogP contribution in [-0.2, 0) is 11.2 Å². The summed E-state index contributed by atoms with van der Waals surface area (Å²) in [7, 11) is 0. The van der Waals surface area contributed by atoms with Crippen molar-refractivity contribution in [3.63, 3.8) is 0 Å². The SMILES string of the molecule is CCc1cc(Br)ccc1NC(CC)C(=O)O. The van der Waals surface area contributed by atoms with Crippen molar-refractivity contribution < 1.29 is 9.90 Å². The van der Waals surface area contributed by atoms with Gasteiger partial charge in [-0.2, -0.15) is 0 Å². The highest BCUT2D eigenvalue weighted by molar-refractivity contribution is 9.10. The number of carbonyl (C=O) groups is 1. The second-order valence-electron chi connectivity index (χ2n) is 3.60. The highest BCUT2D eigenvalue weighted by Crippen LogP contribution is 2.22. The van der Waals surface area contributed by atoms with Gasteiger partial charge in [0, 0.05) is 10.2 Å². The molecule has 0 radical (unpaired) electrons. The monoisotopic (exact) mass is 285 g/mol. The third kappa shape index (κ3) is 3.23. The molecule has 1 aromatic rings. The first kappa shape index (κ1) is 13.0. The second kappa shape index (κ2) is 5.89. The molecular formula is C12H16BrNO2. The topological polar surface area (TPSA) is 49.3 Å². The highest BCUT2D eigenvalue weighted by atomic mass is 79.9. The van der Waals surface area contributed by atoms with Crippen LogP contribution in [0.3, 0.4) is 0 Å². The molecule has 3 nitrogen and oxygen atoms in total. The summed E-state index contributed by atoms with van der Waals surface area (Å²) in [6.07, 6.45) is 1.44. The van der Waals surface area contributed by atoms with Gasteiger partial charge < -0.3 is 10.4 Å². The summed E-state index contributed by atoms with van der Waals surface area (Å²) in [5, 5.41) is 12.0. The Kier molecular flexibility index (Phi) is 4.80. The fourth-order valence-electron chi connectivity index (χ4n) is 1.52. The lowest BCUT2D eigenvalue weighted by Gasteiger charge is -2.16. The number of hydrogen-bond acceptors (Lipinski definition) is 2. The first-order valence-corrected chi connectivity index (χ1v) is 6.15. The van der Waals surface area contributed by atoms with E-state index >= 15 is 0 Å². The Bertz CT molecular complexity index is 379. The quantitative estimate of drug-likeness (QED) is 0.873. The van der Waals surface area contributed by atoms with Gasteiger partial charge in [0.05, 0.1) is 0 Å². The summed E-state index contributed by atoms with van der Waals surface area (Å²) >= 11 is 3.41. The molecule has 0 saturated carbocycles. The molecule has 0 amide bonds. The van der Waals surface area contributed by atoms with Crippen molar-refractivity contribution in [3.8, 4) is 0 Å². The minimum atomic E-state index is -0.813. The number of nitrogens with one attached hydrogen (secondary N) is 1. The van der Waals surface area contributed by atoms with Gasteiger partial charge in [-0.3, -0.25) is 0 Å². The van der Waals surface area contributed by atoms with E-state index in [2.05, 4.69) is 28.2 Å². The predicted octanol–water partition coefficient (Wildman–Crippen LogP) is 3.29. The molecule has 0 aliphatic carbocycles. The number of halogens is 1. The van der Waals surface area contributed by atoms with E-state index < -0.39 is 12.0 Å². The van der Waals surface area contributed by atoms with E-state index in [0.717, 1.165) is 22.1 Å². The molecule has 0 saturated heterocycles. The third-order valence-electron chi connectivity index (χ3n) is 2.48. The molecular weight excluding hydrogens is 270 g/mol. The van der Waals surface area contributed by atoms with E-state index in [1.54, 1.807) is 0 Å². The molecule has 1 unspecified atom stereocenters. The average molecular weight is 286 g/mol. The molecule has 0 fully saturated rings. The fourth-order valence-corrected chi connectivity index (χ4v) is 1.93. The van der Waals surface area contributed by atoms with Crippen LogP contribution in [0.25, 0.3) is 0 Å². The van der Waals surface area contributed by atoms with Gasteiger partial charge in [0.15, 0.2) is 0 Å². The Morgan fingerprint density at radius 1 is 1.50 bits per heavy atom. The summed E-state index contributed by atoms with van der Waals surface area (Å²) < 4.78 is 1.01. The van der Waals surface area contributed by atoms with Crippen LogP contribution in [-0.4, -0.2) is 17.1 Å². The van der Waals surface area contributed by atoms with Crippen LogP contribution < -0.4 is 5.32 Å². The minimum Gasteiger partial charge on any atom is -0.480 e. The van der Waals surface area contributed by atoms with Gasteiger partial charge in [-0.15, -0.1) is 0 Å². The summed E-state index contributed by atoms with van der Waals surface area (Å²) in [6.45, 7) is 3.91. The zero-order valence-electron chi connectivity index (χ0n) is 9.46. The Morgan fingerprint density at radius 3 is 2.69 bits per heavy atom. The molecule has 2 N–H and O–H groups in total. The van der Waals surface area contributed by atoms with Crippen LogP contribution in [0.5, 0.6) is 0 Å². The van der Waals surface area contributed by atoms with Crippen LogP contribution in [0.1, 0.15) is 25.8 Å². The summed E-state index contributed by atoms with van der Waals surface area (Å²) in [5.74, 6) is -0.813. The normalized spacial score (nSPS) is 12.2. The van der Waals surface area contributed by atoms with Crippen LogP contribution in [0.2, 0.25) is 0 Å². The van der Waals surface area contributed by atoms with Crippen LogP contribution in [0.15, 0.2) is 22.7 Å². The molecule has 0 aliphatic rings. The van der Waals surface area contributed by atoms with Gasteiger partial charge in [-0.25, -0.2) is 4.79 Å². The van der Waals surface area contributed by atoms with Crippen molar-refractivity contribution in [2.24, 2.45) is 0 Å². The van der Waals surface area contributed by atoms with Gasteiger partial charge in [-0.1, -0.05) is 29.8 Å². The molecule has 1 aromatic carbocycles. The number of carboxylic acids is 1. The van der Waals surface area contributed by atoms with Crippen molar-refractivity contribution in [2.45, 2.75) is 32.7 Å². The van der Waals surface area contributed by atoms with Gasteiger partial charge in [0.2, 0.25) is 0 Å². The van der Waals surface area contributed by atoms with Crippen molar-refractivity contribution in [3.05, 3.63) is 28.2 Å². The number of rotatable bonds is 5. The third-order valence-corrected chi connectivity index (χ3v) is 2.98. The van der Waals surface area contributed by atoms with E-state index in [1.165, 1.54) is 0 Å². The molecule has 1 atom stereocenters. The van der Waals surface area contributed by atoms with Crippen molar-refractivity contribution >= 4 is 27.6 Å². The van der Waals surface area contributed by atoms with E-state index in [9.17, 15) is 4.79 Å². The van der Waals surface area contributed by atoms with Gasteiger partial charge in [0.1, 0.15) is 6.04 Å². The van der Waals surface area contributed by atoms with E-state index in [4.69, 9.17) is 5.11 Å². The van der Waals surface area contributed by atoms with E-state index in [-0.39, 0.29) is 0 Å². The van der Waals surface area contributed by atoms with Gasteiger partial charge >= 0.3 is 5.97 Å². The molecule has 1 rings (SSSR count). The standard InChI is InChI=1S/C12H16BrNO2/c1-3-8-7-9(13)5-6-11(8)14-10(4-2)12(15)16/h5-7,10,14H,3-4H2,1-2H3,(H,15,16). The van der Waals surface area contributed by atoms with E-state index in [0.29, 0.717) is 6.42 Å². The van der Waals surface area contributed by atoms with Crippen LogP contribution in [0, 0.1) is 0 Å². The maximum absolute atomic E-state index is 10.9. The maximum atomic E-state index is 10.9. The zero-order chi connectivity index (χ0) is 12.1. The molecule has 0 aliphatic heterocycles. The molecule has 4 heteroatoms. The lowest BCUT2D eigenvalue weighted by molar-refractivity contribution is -0.137. The molecule has 16 heavy (non-hydrogen) atoms. The number of aliphatic carboxylic acids is 1. The minimum absolute atomic E-state index is 0.522. The summed E-state index contributed by atoms with van der Waals surface area (Å²) in [6, 6.07) is 5.31. The lowest BCUT2D eigenvalue weighted by atomic mass is 10.1. The largest absolute Gasteiger partial charge is 0.480 e. The molecule has 0 aromatic heterocycles. The fraction of sp³-hybridized carbons (Fsp3) is 0.417. The zero-order valence-corrected chi connectivity index (χ0v) is 11.0. The Morgan fingerprint density at radius 2 is 2.19 bits per heavy atom. The van der Waals surface area contributed by atoms with Crippen molar-refractivity contribution in [2.75, 3.05) is 5.32 Å². The average Bonchev–Trinajstić information content (AvgIpc) is 2.26. The Hall–Kier alpha value is -1.03. The number of aryl methyl sites for hydroxylation is 1. The Balaban J connectivity index is 2.91. The summed E-state index contributed by atoms with van der Waals surface area (Å²) in [5.41, 5.74) is 2.02. The second-order valence-corrected chi connectivity index (χ2v) is 4.51. The number of hydrogen-bond donors (Lipinski definition) is 2. The van der Waals surface area contributed by atoms with Crippen LogP contribution >= 0.6 is 15.9 Å². The van der Waals surface area contributed by atoms with Crippen LogP contribution in [0.4, 0.5) is 5.69 Å². The van der Waals surface area contributed by atoms with Gasteiger partial charge in [-0.05, 0) is 36.6 Å². The van der Waals surface area contributed by atoms with Crippen molar-refractivity contribution in [1.82, 2.24) is 0 Å². The lowest BCUT2D eigenvalue weighted by Crippen LogP contribution is -2.28. The predicted molar refractivity (Wildman–Crippen MR) is 68.9 cm³/mol.